The van der Waals surface area contributed by atoms with Gasteiger partial charge >= 0.3 is 5.69 Å². The van der Waals surface area contributed by atoms with Gasteiger partial charge in [0.2, 0.25) is 5.91 Å². The van der Waals surface area contributed by atoms with Crippen LogP contribution in [0.2, 0.25) is 0 Å². The molecular weight excluding hydrogens is 429 g/mol. The second kappa shape index (κ2) is 10.0. The number of amides is 1. The van der Waals surface area contributed by atoms with E-state index >= 15 is 0 Å². The molecule has 3 rings (SSSR count). The number of Topliss-reactive ketones (excluding diaryl/α,β-unsaturated/α-hetero) is 1. The van der Waals surface area contributed by atoms with E-state index in [9.17, 15) is 23.6 Å². The molecule has 2 aromatic carbocycles. The van der Waals surface area contributed by atoms with E-state index in [0.717, 1.165) is 10.1 Å². The first kappa shape index (κ1) is 23.6. The summed E-state index contributed by atoms with van der Waals surface area (Å²) in [7, 11) is 2.79. The van der Waals surface area contributed by atoms with Crippen molar-refractivity contribution in [1.82, 2.24) is 14.0 Å². The number of likely N-dealkylation sites (N-methyl/N-ethyl adjacent to an activating group) is 1. The van der Waals surface area contributed by atoms with Crippen LogP contribution in [0.15, 0.2) is 64.2 Å². The maximum atomic E-state index is 13.3. The largest absolute Gasteiger partial charge is 0.384 e. The minimum atomic E-state index is -0.801. The monoisotopic (exact) mass is 453 g/mol. The average Bonchev–Trinajstić information content (AvgIpc) is 2.76. The lowest BCUT2D eigenvalue weighted by molar-refractivity contribution is -0.116. The summed E-state index contributed by atoms with van der Waals surface area (Å²) >= 11 is 0. The van der Waals surface area contributed by atoms with Gasteiger partial charge in [-0.15, -0.1) is 0 Å². The van der Waals surface area contributed by atoms with Crippen LogP contribution in [-0.4, -0.2) is 45.9 Å². The van der Waals surface area contributed by atoms with E-state index in [4.69, 9.17) is 5.73 Å². The van der Waals surface area contributed by atoms with Gasteiger partial charge in [0.15, 0.2) is 5.78 Å². The molecule has 0 bridgehead atoms. The van der Waals surface area contributed by atoms with Crippen molar-refractivity contribution >= 4 is 23.2 Å². The normalized spacial score (nSPS) is 10.9. The van der Waals surface area contributed by atoms with E-state index in [2.05, 4.69) is 5.32 Å². The summed E-state index contributed by atoms with van der Waals surface area (Å²) in [5.74, 6) is -1.82. The van der Waals surface area contributed by atoms with Gasteiger partial charge in [-0.2, -0.15) is 0 Å². The highest BCUT2D eigenvalue weighted by Gasteiger charge is 2.23. The van der Waals surface area contributed by atoms with Crippen LogP contribution in [0.1, 0.15) is 15.9 Å². The molecule has 0 unspecified atom stereocenters. The third kappa shape index (κ3) is 5.60. The van der Waals surface area contributed by atoms with Crippen molar-refractivity contribution in [2.75, 3.05) is 31.2 Å². The van der Waals surface area contributed by atoms with Crippen molar-refractivity contribution < 1.29 is 14.0 Å². The van der Waals surface area contributed by atoms with Gasteiger partial charge in [0, 0.05) is 12.7 Å². The van der Waals surface area contributed by atoms with Crippen molar-refractivity contribution in [3.05, 3.63) is 92.4 Å². The third-order valence-corrected chi connectivity index (χ3v) is 4.98. The lowest BCUT2D eigenvalue weighted by atomic mass is 10.1. The predicted octanol–water partition coefficient (Wildman–Crippen LogP) is 1.07. The molecule has 1 amide bonds. The summed E-state index contributed by atoms with van der Waals surface area (Å²) in [5.41, 5.74) is 5.39. The first-order valence-electron chi connectivity index (χ1n) is 10.1. The van der Waals surface area contributed by atoms with E-state index in [1.54, 1.807) is 24.3 Å². The van der Waals surface area contributed by atoms with Crippen molar-refractivity contribution in [3.63, 3.8) is 0 Å². The van der Waals surface area contributed by atoms with Crippen LogP contribution in [0.3, 0.4) is 0 Å². The van der Waals surface area contributed by atoms with E-state index in [1.165, 1.54) is 47.8 Å². The molecule has 0 spiro atoms. The average molecular weight is 453 g/mol. The summed E-state index contributed by atoms with van der Waals surface area (Å²) in [6.07, 6.45) is 0. The van der Waals surface area contributed by atoms with Gasteiger partial charge in [0.1, 0.15) is 17.2 Å². The smallest absolute Gasteiger partial charge is 0.332 e. The Labute approximate surface area is 188 Å². The molecule has 0 fully saturated rings. The van der Waals surface area contributed by atoms with E-state index in [0.29, 0.717) is 0 Å². The summed E-state index contributed by atoms with van der Waals surface area (Å²) in [4.78, 5) is 51.8. The second-order valence-corrected chi connectivity index (χ2v) is 7.63. The standard InChI is InChI=1S/C23H24FN5O4/c1-27(14-19(31)26-17-10-6-9-16(24)11-17)13-18(30)20-21(25)29(23(33)28(2)22(20)32)12-15-7-4-3-5-8-15/h3-11H,12-14,25H2,1-2H3,(H,26,31). The number of hydrogen-bond acceptors (Lipinski definition) is 6. The van der Waals surface area contributed by atoms with Crippen LogP contribution < -0.4 is 22.3 Å². The summed E-state index contributed by atoms with van der Waals surface area (Å²) < 4.78 is 15.3. The number of nitrogen functional groups attached to an aromatic ring is 1. The summed E-state index contributed by atoms with van der Waals surface area (Å²) in [5, 5.41) is 2.53. The second-order valence-electron chi connectivity index (χ2n) is 7.63. The molecule has 9 nitrogen and oxygen atoms in total. The van der Waals surface area contributed by atoms with Crippen molar-refractivity contribution in [3.8, 4) is 0 Å². The summed E-state index contributed by atoms with van der Waals surface area (Å²) in [6.45, 7) is -0.391. The highest BCUT2D eigenvalue weighted by molar-refractivity contribution is 6.01. The maximum Gasteiger partial charge on any atom is 0.332 e. The molecule has 0 aliphatic carbocycles. The Kier molecular flexibility index (Phi) is 7.19. The molecule has 1 aromatic heterocycles. The number of nitrogens with zero attached hydrogens (tertiary/aromatic N) is 3. The fraction of sp³-hybridized carbons (Fsp3) is 0.217. The van der Waals surface area contributed by atoms with Gasteiger partial charge < -0.3 is 11.1 Å². The number of halogens is 1. The number of carbonyl (C=O) groups is 2. The fourth-order valence-corrected chi connectivity index (χ4v) is 3.36. The van der Waals surface area contributed by atoms with Gasteiger partial charge in [0.25, 0.3) is 5.56 Å². The minimum absolute atomic E-state index is 0.0891. The van der Waals surface area contributed by atoms with Gasteiger partial charge in [-0.1, -0.05) is 36.4 Å². The third-order valence-electron chi connectivity index (χ3n) is 4.98. The SMILES string of the molecule is CN(CC(=O)Nc1cccc(F)c1)CC(=O)c1c(N)n(Cc2ccccc2)c(=O)n(C)c1=O. The Bertz CT molecular complexity index is 1300. The van der Waals surface area contributed by atoms with Gasteiger partial charge in [-0.25, -0.2) is 9.18 Å². The molecule has 10 heteroatoms. The molecule has 0 saturated carbocycles. The number of nitrogens with one attached hydrogen (secondary N) is 1. The zero-order valence-electron chi connectivity index (χ0n) is 18.2. The van der Waals surface area contributed by atoms with Crippen molar-refractivity contribution in [2.24, 2.45) is 7.05 Å². The first-order chi connectivity index (χ1) is 15.7. The molecule has 3 aromatic rings. The van der Waals surface area contributed by atoms with Gasteiger partial charge in [-0.3, -0.25) is 28.4 Å². The molecule has 0 radical (unpaired) electrons. The number of aromatic nitrogens is 2. The zero-order valence-corrected chi connectivity index (χ0v) is 18.2. The lowest BCUT2D eigenvalue weighted by Gasteiger charge is -2.18. The Hall–Kier alpha value is -4.05. The minimum Gasteiger partial charge on any atom is -0.384 e. The number of rotatable bonds is 8. The Morgan fingerprint density at radius 3 is 2.42 bits per heavy atom. The quantitative estimate of drug-likeness (QED) is 0.493. The van der Waals surface area contributed by atoms with Crippen LogP contribution in [0.5, 0.6) is 0 Å². The van der Waals surface area contributed by atoms with E-state index in [1.807, 2.05) is 6.07 Å². The van der Waals surface area contributed by atoms with Crippen LogP contribution in [0.4, 0.5) is 15.9 Å². The zero-order chi connectivity index (χ0) is 24.1. The number of benzene rings is 2. The molecule has 172 valence electrons. The molecule has 33 heavy (non-hydrogen) atoms. The number of hydrogen-bond donors (Lipinski definition) is 2. The van der Waals surface area contributed by atoms with Crippen LogP contribution in [0.25, 0.3) is 0 Å². The number of ketones is 1. The molecule has 0 atom stereocenters. The van der Waals surface area contributed by atoms with Crippen LogP contribution in [-0.2, 0) is 18.4 Å². The molecule has 0 aliphatic rings. The highest BCUT2D eigenvalue weighted by atomic mass is 19.1. The van der Waals surface area contributed by atoms with Crippen molar-refractivity contribution in [1.29, 1.82) is 0 Å². The van der Waals surface area contributed by atoms with E-state index < -0.39 is 28.8 Å². The maximum absolute atomic E-state index is 13.3. The van der Waals surface area contributed by atoms with Gasteiger partial charge in [-0.05, 0) is 30.8 Å². The molecular formula is C23H24FN5O4. The Morgan fingerprint density at radius 2 is 1.76 bits per heavy atom. The van der Waals surface area contributed by atoms with Gasteiger partial charge in [0.05, 0.1) is 19.6 Å². The first-order valence-corrected chi connectivity index (χ1v) is 10.1. The van der Waals surface area contributed by atoms with Crippen molar-refractivity contribution in [2.45, 2.75) is 6.54 Å². The topological polar surface area (TPSA) is 119 Å². The fourth-order valence-electron chi connectivity index (χ4n) is 3.36. The summed E-state index contributed by atoms with van der Waals surface area (Å²) in [6, 6.07) is 14.4. The van der Waals surface area contributed by atoms with Crippen LogP contribution in [0, 0.1) is 5.82 Å². The van der Waals surface area contributed by atoms with E-state index in [-0.39, 0.29) is 36.7 Å². The highest BCUT2D eigenvalue weighted by Crippen LogP contribution is 2.11. The lowest BCUT2D eigenvalue weighted by Crippen LogP contribution is -2.44. The number of anilines is 2. The predicted molar refractivity (Wildman–Crippen MR) is 123 cm³/mol. The number of nitrogens with two attached hydrogens (primary N) is 1. The molecule has 0 saturated heterocycles. The van der Waals surface area contributed by atoms with Crippen LogP contribution >= 0.6 is 0 Å². The Balaban J connectivity index is 1.78. The molecule has 0 aliphatic heterocycles. The molecule has 1 heterocycles. The molecule has 3 N–H and O–H groups in total. The Morgan fingerprint density at radius 1 is 1.06 bits per heavy atom. The number of carbonyl (C=O) groups excluding carboxylic acids is 2.